The number of hydrogen-bond acceptors (Lipinski definition) is 4. The first kappa shape index (κ1) is 32.1. The summed E-state index contributed by atoms with van der Waals surface area (Å²) in [7, 11) is 0. The molecule has 0 spiro atoms. The van der Waals surface area contributed by atoms with Crippen molar-refractivity contribution in [3.8, 4) is 0 Å². The normalized spacial score (nSPS) is 11.4. The fourth-order valence-electron chi connectivity index (χ4n) is 4.64. The highest BCUT2D eigenvalue weighted by Crippen LogP contribution is 2.15. The zero-order valence-electron chi connectivity index (χ0n) is 21.3. The van der Waals surface area contributed by atoms with Gasteiger partial charge in [-0.15, -0.1) is 6.58 Å². The number of carboxylic acids is 3. The van der Waals surface area contributed by atoms with Crippen LogP contribution in [0.3, 0.4) is 0 Å². The molecular weight excluding hydrogens is 434 g/mol. The molecule has 2 N–H and O–H groups in total. The van der Waals surface area contributed by atoms with Crippen LogP contribution in [0.4, 0.5) is 0 Å². The lowest BCUT2D eigenvalue weighted by atomic mass is 10.0. The van der Waals surface area contributed by atoms with Gasteiger partial charge in [-0.25, -0.2) is 9.59 Å². The number of rotatable bonds is 26. The molecule has 0 unspecified atom stereocenters. The molecule has 0 saturated carbocycles. The zero-order chi connectivity index (χ0) is 25.5. The largest absolute Gasteiger partial charge is 0.544 e. The van der Waals surface area contributed by atoms with Crippen molar-refractivity contribution in [2.45, 2.75) is 116 Å². The van der Waals surface area contributed by atoms with Crippen LogP contribution in [0.1, 0.15) is 116 Å². The van der Waals surface area contributed by atoms with E-state index < -0.39 is 42.0 Å². The lowest BCUT2D eigenvalue weighted by Gasteiger charge is -2.36. The Balaban J connectivity index is 3.70. The monoisotopic (exact) mass is 483 g/mol. The highest BCUT2D eigenvalue weighted by atomic mass is 16.4. The van der Waals surface area contributed by atoms with Gasteiger partial charge in [0.1, 0.15) is 6.54 Å². The molecule has 0 saturated heterocycles. The van der Waals surface area contributed by atoms with Gasteiger partial charge < -0.3 is 24.6 Å². The second kappa shape index (κ2) is 21.6. The van der Waals surface area contributed by atoms with Gasteiger partial charge in [0, 0.05) is 0 Å². The Bertz CT molecular complexity index is 523. The van der Waals surface area contributed by atoms with Gasteiger partial charge in [0.25, 0.3) is 0 Å². The van der Waals surface area contributed by atoms with Gasteiger partial charge in [-0.05, 0) is 25.7 Å². The molecule has 0 heterocycles. The second-order valence-electron chi connectivity index (χ2n) is 9.79. The predicted molar refractivity (Wildman–Crippen MR) is 133 cm³/mol. The van der Waals surface area contributed by atoms with Crippen LogP contribution in [-0.4, -0.2) is 58.8 Å². The van der Waals surface area contributed by atoms with Crippen LogP contribution in [0, 0.1) is 0 Å². The highest BCUT2D eigenvalue weighted by molar-refractivity contribution is 5.72. The summed E-state index contributed by atoms with van der Waals surface area (Å²) in [6.45, 7) is 2.36. The van der Waals surface area contributed by atoms with Crippen molar-refractivity contribution in [1.29, 1.82) is 0 Å². The minimum Gasteiger partial charge on any atom is -0.544 e. The fourth-order valence-corrected chi connectivity index (χ4v) is 4.64. The zero-order valence-corrected chi connectivity index (χ0v) is 21.3. The summed E-state index contributed by atoms with van der Waals surface area (Å²) in [6.07, 6.45) is 23.8. The van der Waals surface area contributed by atoms with Crippen LogP contribution >= 0.6 is 0 Å². The Kier molecular flexibility index (Phi) is 20.4. The number of quaternary nitrogens is 1. The van der Waals surface area contributed by atoms with E-state index in [-0.39, 0.29) is 6.54 Å². The van der Waals surface area contributed by atoms with Crippen LogP contribution in [0.5, 0.6) is 0 Å². The quantitative estimate of drug-likeness (QED) is 0.102. The predicted octanol–water partition coefficient (Wildman–Crippen LogP) is 4.93. The van der Waals surface area contributed by atoms with Crippen LogP contribution in [-0.2, 0) is 14.4 Å². The van der Waals surface area contributed by atoms with Crippen molar-refractivity contribution in [1.82, 2.24) is 0 Å². The van der Waals surface area contributed by atoms with E-state index in [1.54, 1.807) is 0 Å². The van der Waals surface area contributed by atoms with Crippen molar-refractivity contribution in [3.63, 3.8) is 0 Å². The maximum atomic E-state index is 11.2. The SMILES string of the molecule is C=CCCCCCCCCCCCCCCCCCCC[N+](CC(=O)[O-])(CC(=O)O)CC(=O)O. The number of carbonyl (C=O) groups excluding carboxylic acids is 1. The molecule has 0 aliphatic rings. The molecule has 0 amide bonds. The molecule has 198 valence electrons. The average Bonchev–Trinajstić information content (AvgIpc) is 2.73. The molecule has 7 nitrogen and oxygen atoms in total. The molecule has 0 fully saturated rings. The molecule has 0 aliphatic heterocycles. The molecule has 7 heteroatoms. The van der Waals surface area contributed by atoms with Crippen LogP contribution in [0.25, 0.3) is 0 Å². The number of carboxylic acid groups (broad SMARTS) is 3. The number of hydrogen-bond donors (Lipinski definition) is 2. The lowest BCUT2D eigenvalue weighted by molar-refractivity contribution is -0.909. The topological polar surface area (TPSA) is 115 Å². The van der Waals surface area contributed by atoms with Gasteiger partial charge >= 0.3 is 11.9 Å². The molecule has 0 atom stereocenters. The standard InChI is InChI=1S/C27H49NO6/c1-2-3-4-5-6-7-8-9-10-11-12-13-14-15-16-17-18-19-20-21-28(22-25(29)30,23-26(31)32)24-27(33)34/h2H,1,3-24H2,(H2-,29,30,31,32,33,34). The smallest absolute Gasteiger partial charge is 0.359 e. The van der Waals surface area contributed by atoms with Crippen molar-refractivity contribution in [2.24, 2.45) is 0 Å². The van der Waals surface area contributed by atoms with Crippen molar-refractivity contribution in [3.05, 3.63) is 12.7 Å². The van der Waals surface area contributed by atoms with E-state index in [4.69, 9.17) is 10.2 Å². The Morgan fingerprint density at radius 1 is 0.588 bits per heavy atom. The molecule has 0 aromatic carbocycles. The van der Waals surface area contributed by atoms with Gasteiger partial charge in [0.05, 0.1) is 12.5 Å². The number of aliphatic carboxylic acids is 3. The maximum Gasteiger partial charge on any atom is 0.359 e. The number of carbonyl (C=O) groups is 3. The van der Waals surface area contributed by atoms with E-state index >= 15 is 0 Å². The first-order valence-corrected chi connectivity index (χ1v) is 13.4. The third-order valence-electron chi connectivity index (χ3n) is 6.45. The number of nitrogens with zero attached hydrogens (tertiary/aromatic N) is 1. The minimum absolute atomic E-state index is 0.224. The number of unbranched alkanes of at least 4 members (excludes halogenated alkanes) is 17. The Morgan fingerprint density at radius 2 is 0.912 bits per heavy atom. The van der Waals surface area contributed by atoms with Gasteiger partial charge in [0.2, 0.25) is 0 Å². The van der Waals surface area contributed by atoms with E-state index in [9.17, 15) is 19.5 Å². The summed E-state index contributed by atoms with van der Waals surface area (Å²) in [5.74, 6) is -3.81. The van der Waals surface area contributed by atoms with E-state index in [1.165, 1.54) is 83.5 Å². The van der Waals surface area contributed by atoms with Crippen molar-refractivity contribution >= 4 is 17.9 Å². The van der Waals surface area contributed by atoms with E-state index in [1.807, 2.05) is 6.08 Å². The third-order valence-corrected chi connectivity index (χ3v) is 6.45. The third kappa shape index (κ3) is 20.7. The van der Waals surface area contributed by atoms with Crippen molar-refractivity contribution < 1.29 is 34.2 Å². The minimum atomic E-state index is -1.42. The van der Waals surface area contributed by atoms with Crippen LogP contribution < -0.4 is 5.11 Å². The van der Waals surface area contributed by atoms with Gasteiger partial charge in [0.15, 0.2) is 13.1 Å². The summed E-state index contributed by atoms with van der Waals surface area (Å²) in [5.41, 5.74) is 0. The summed E-state index contributed by atoms with van der Waals surface area (Å²) in [5, 5.41) is 29.3. The van der Waals surface area contributed by atoms with Crippen LogP contribution in [0.15, 0.2) is 12.7 Å². The Morgan fingerprint density at radius 3 is 1.21 bits per heavy atom. The maximum absolute atomic E-state index is 11.2. The Hall–Kier alpha value is -1.89. The van der Waals surface area contributed by atoms with E-state index in [0.717, 1.165) is 25.7 Å². The lowest BCUT2D eigenvalue weighted by Crippen LogP contribution is -2.59. The summed E-state index contributed by atoms with van der Waals surface area (Å²) < 4.78 is -0.497. The summed E-state index contributed by atoms with van der Waals surface area (Å²) in [4.78, 5) is 33.4. The van der Waals surface area contributed by atoms with Gasteiger partial charge in [-0.2, -0.15) is 0 Å². The molecule has 0 aromatic heterocycles. The molecule has 34 heavy (non-hydrogen) atoms. The van der Waals surface area contributed by atoms with E-state index in [2.05, 4.69) is 6.58 Å². The fraction of sp³-hybridized carbons (Fsp3) is 0.815. The average molecular weight is 484 g/mol. The Labute approximate surface area is 206 Å². The van der Waals surface area contributed by atoms with E-state index in [0.29, 0.717) is 6.42 Å². The molecule has 0 aliphatic carbocycles. The number of allylic oxidation sites excluding steroid dienone is 1. The summed E-state index contributed by atoms with van der Waals surface area (Å²) >= 11 is 0. The molecule has 0 aromatic rings. The highest BCUT2D eigenvalue weighted by Gasteiger charge is 2.33. The molecule has 0 rings (SSSR count). The summed E-state index contributed by atoms with van der Waals surface area (Å²) in [6, 6.07) is 0. The first-order valence-electron chi connectivity index (χ1n) is 13.4. The van der Waals surface area contributed by atoms with Crippen LogP contribution in [0.2, 0.25) is 0 Å². The second-order valence-corrected chi connectivity index (χ2v) is 9.79. The van der Waals surface area contributed by atoms with Gasteiger partial charge in [-0.3, -0.25) is 0 Å². The van der Waals surface area contributed by atoms with Gasteiger partial charge in [-0.1, -0.05) is 96.0 Å². The van der Waals surface area contributed by atoms with Crippen molar-refractivity contribution in [2.75, 3.05) is 26.2 Å². The molecule has 0 bridgehead atoms. The molecular formula is C27H49NO6. The first-order chi connectivity index (χ1) is 16.3. The molecule has 0 radical (unpaired) electrons.